The summed E-state index contributed by atoms with van der Waals surface area (Å²) >= 11 is 0. The predicted molar refractivity (Wildman–Crippen MR) is 125 cm³/mol. The number of ether oxygens (including phenoxy) is 1. The first-order chi connectivity index (χ1) is 16.2. The summed E-state index contributed by atoms with van der Waals surface area (Å²) in [5.74, 6) is -3.39. The lowest BCUT2D eigenvalue weighted by atomic mass is 9.93. The Morgan fingerprint density at radius 1 is 1.21 bits per heavy atom. The molecule has 1 aliphatic heterocycles. The molecule has 8 nitrogen and oxygen atoms in total. The maximum absolute atomic E-state index is 14.9. The number of H-pyrrole nitrogens is 1. The Morgan fingerprint density at radius 3 is 2.44 bits per heavy atom. The number of nitrogens with one attached hydrogen (secondary N) is 1. The van der Waals surface area contributed by atoms with Crippen molar-refractivity contribution in [3.63, 3.8) is 0 Å². The first-order valence-electron chi connectivity index (χ1n) is 11.2. The van der Waals surface area contributed by atoms with Gasteiger partial charge in [0.2, 0.25) is 0 Å². The summed E-state index contributed by atoms with van der Waals surface area (Å²) in [5.41, 5.74) is 1.02. The predicted octanol–water partition coefficient (Wildman–Crippen LogP) is 3.32. The number of halogens is 1. The molecule has 0 saturated carbocycles. The minimum absolute atomic E-state index is 0.113. The molecule has 1 saturated heterocycles. The maximum Gasteiger partial charge on any atom is 0.354 e. The van der Waals surface area contributed by atoms with Crippen LogP contribution in [0.2, 0.25) is 0 Å². The number of aliphatic hydroxyl groups is 1. The van der Waals surface area contributed by atoms with Crippen molar-refractivity contribution >= 4 is 23.4 Å². The van der Waals surface area contributed by atoms with Gasteiger partial charge < -0.3 is 24.6 Å². The number of aromatic amines is 1. The fourth-order valence-electron chi connectivity index (χ4n) is 4.47. The van der Waals surface area contributed by atoms with E-state index in [1.807, 2.05) is 13.8 Å². The normalized spacial score (nSPS) is 17.6. The first-order valence-corrected chi connectivity index (χ1v) is 11.2. The maximum atomic E-state index is 14.9. The number of esters is 1. The highest BCUT2D eigenvalue weighted by atomic mass is 19.1. The molecule has 2 heterocycles. The highest BCUT2D eigenvalue weighted by Gasteiger charge is 2.47. The average molecular weight is 472 g/mol. The summed E-state index contributed by atoms with van der Waals surface area (Å²) in [6, 6.07) is 4.78. The van der Waals surface area contributed by atoms with Crippen LogP contribution in [0.3, 0.4) is 0 Å². The molecule has 1 fully saturated rings. The van der Waals surface area contributed by atoms with E-state index in [1.54, 1.807) is 19.9 Å². The molecule has 9 heteroatoms. The number of nitrogens with zero attached hydrogens (tertiary/aromatic N) is 2. The number of ketones is 1. The smallest absolute Gasteiger partial charge is 0.354 e. The number of aliphatic hydroxyl groups excluding tert-OH is 1. The number of Topliss-reactive ketones (excluding diaryl/α,β-unsaturated/α-hetero) is 1. The summed E-state index contributed by atoms with van der Waals surface area (Å²) in [5, 5.41) is 11.3. The number of carbonyl (C=O) groups excluding carboxylic acids is 3. The van der Waals surface area contributed by atoms with Gasteiger partial charge in [0.05, 0.1) is 18.7 Å². The fraction of sp³-hybridized carbons (Fsp3) is 0.400. The number of likely N-dealkylation sites (tertiary alicyclic amines) is 1. The molecule has 0 bridgehead atoms. The van der Waals surface area contributed by atoms with E-state index in [0.717, 1.165) is 13.1 Å². The second-order valence-electron chi connectivity index (χ2n) is 8.16. The van der Waals surface area contributed by atoms with Gasteiger partial charge in [0, 0.05) is 29.9 Å². The quantitative estimate of drug-likeness (QED) is 0.265. The lowest BCUT2D eigenvalue weighted by molar-refractivity contribution is -0.140. The van der Waals surface area contributed by atoms with E-state index in [9.17, 15) is 23.9 Å². The number of hydrogen-bond donors (Lipinski definition) is 2. The molecule has 1 amide bonds. The van der Waals surface area contributed by atoms with Crippen LogP contribution >= 0.6 is 0 Å². The van der Waals surface area contributed by atoms with Gasteiger partial charge in [-0.3, -0.25) is 9.59 Å². The van der Waals surface area contributed by atoms with Crippen LogP contribution in [0, 0.1) is 19.7 Å². The first kappa shape index (κ1) is 25.2. The Hall–Kier alpha value is -3.46. The topological polar surface area (TPSA) is 103 Å². The monoisotopic (exact) mass is 471 g/mol. The van der Waals surface area contributed by atoms with E-state index in [1.165, 1.54) is 30.2 Å². The van der Waals surface area contributed by atoms with E-state index in [-0.39, 0.29) is 28.9 Å². The lowest BCUT2D eigenvalue weighted by Crippen LogP contribution is -2.38. The molecule has 2 N–H and O–H groups in total. The van der Waals surface area contributed by atoms with Crippen LogP contribution in [0.5, 0.6) is 0 Å². The van der Waals surface area contributed by atoms with Gasteiger partial charge in [0.1, 0.15) is 17.3 Å². The van der Waals surface area contributed by atoms with Crippen LogP contribution in [-0.4, -0.2) is 70.8 Å². The molecule has 1 aromatic carbocycles. The van der Waals surface area contributed by atoms with Crippen molar-refractivity contribution in [2.45, 2.75) is 33.7 Å². The van der Waals surface area contributed by atoms with Gasteiger partial charge in [-0.25, -0.2) is 9.18 Å². The fourth-order valence-corrected chi connectivity index (χ4v) is 4.47. The molecule has 34 heavy (non-hydrogen) atoms. The van der Waals surface area contributed by atoms with Crippen molar-refractivity contribution < 1.29 is 28.6 Å². The third kappa shape index (κ3) is 4.35. The van der Waals surface area contributed by atoms with E-state index in [0.29, 0.717) is 17.8 Å². The van der Waals surface area contributed by atoms with Crippen molar-refractivity contribution in [3.05, 3.63) is 63.7 Å². The highest BCUT2D eigenvalue weighted by Crippen LogP contribution is 2.41. The zero-order valence-electron chi connectivity index (χ0n) is 20.1. The van der Waals surface area contributed by atoms with Gasteiger partial charge in [0.25, 0.3) is 11.7 Å². The Bertz CT molecular complexity index is 1150. The number of hydrogen-bond acceptors (Lipinski definition) is 6. The van der Waals surface area contributed by atoms with E-state index in [2.05, 4.69) is 9.88 Å². The van der Waals surface area contributed by atoms with Crippen LogP contribution in [0.15, 0.2) is 29.8 Å². The molecule has 1 aromatic heterocycles. The second-order valence-corrected chi connectivity index (χ2v) is 8.16. The number of methoxy groups -OCH3 is 1. The number of benzene rings is 1. The highest BCUT2D eigenvalue weighted by molar-refractivity contribution is 6.46. The van der Waals surface area contributed by atoms with Gasteiger partial charge >= 0.3 is 5.97 Å². The van der Waals surface area contributed by atoms with Crippen molar-refractivity contribution in [1.82, 2.24) is 14.8 Å². The number of likely N-dealkylation sites (N-methyl/N-ethyl adjacent to an activating group) is 1. The third-order valence-corrected chi connectivity index (χ3v) is 6.36. The Morgan fingerprint density at radius 2 is 1.85 bits per heavy atom. The van der Waals surface area contributed by atoms with Gasteiger partial charge in [-0.2, -0.15) is 0 Å². The van der Waals surface area contributed by atoms with E-state index >= 15 is 0 Å². The summed E-state index contributed by atoms with van der Waals surface area (Å²) in [7, 11) is 1.23. The van der Waals surface area contributed by atoms with Gasteiger partial charge in [-0.1, -0.05) is 32.0 Å². The van der Waals surface area contributed by atoms with Crippen molar-refractivity contribution in [2.75, 3.05) is 33.3 Å². The zero-order valence-corrected chi connectivity index (χ0v) is 20.1. The molecule has 1 aliphatic rings. The lowest BCUT2D eigenvalue weighted by Gasteiger charge is -2.28. The molecule has 3 rings (SSSR count). The molecule has 1 atom stereocenters. The molecule has 182 valence electrons. The van der Waals surface area contributed by atoms with Gasteiger partial charge in [0.15, 0.2) is 0 Å². The standard InChI is InChI=1S/C25H30FN3O5/c1-6-28(7-2)12-13-29-21(16-10-8-9-11-17(16)26)19(23(31)24(29)32)22(30)18-14(3)20(25(33)34-5)27-15(18)4/h8-11,21,27,30H,6-7,12-13H2,1-5H3. The number of aromatic nitrogens is 1. The molecule has 0 radical (unpaired) electrons. The number of aryl methyl sites for hydroxylation is 1. The molecule has 1 unspecified atom stereocenters. The van der Waals surface area contributed by atoms with Gasteiger partial charge in [-0.15, -0.1) is 0 Å². The molecule has 2 aromatic rings. The molecule has 0 spiro atoms. The zero-order chi connectivity index (χ0) is 25.2. The average Bonchev–Trinajstić information content (AvgIpc) is 3.26. The van der Waals surface area contributed by atoms with E-state index in [4.69, 9.17) is 4.74 Å². The van der Waals surface area contributed by atoms with Crippen LogP contribution in [0.25, 0.3) is 5.76 Å². The molecule has 0 aliphatic carbocycles. The largest absolute Gasteiger partial charge is 0.507 e. The third-order valence-electron chi connectivity index (χ3n) is 6.36. The molecular weight excluding hydrogens is 441 g/mol. The SMILES string of the molecule is CCN(CC)CCN1C(=O)C(=O)C(=C(O)c2c(C)[nH]c(C(=O)OC)c2C)C1c1ccccc1F. The minimum atomic E-state index is -1.10. The minimum Gasteiger partial charge on any atom is -0.507 e. The second kappa shape index (κ2) is 10.2. The van der Waals surface area contributed by atoms with Crippen LogP contribution < -0.4 is 0 Å². The van der Waals surface area contributed by atoms with Crippen molar-refractivity contribution in [2.24, 2.45) is 0 Å². The summed E-state index contributed by atoms with van der Waals surface area (Å²) < 4.78 is 19.7. The Balaban J connectivity index is 2.20. The van der Waals surface area contributed by atoms with Crippen LogP contribution in [-0.2, 0) is 14.3 Å². The van der Waals surface area contributed by atoms with E-state index < -0.39 is 35.3 Å². The summed E-state index contributed by atoms with van der Waals surface area (Å²) in [4.78, 5) is 44.6. The van der Waals surface area contributed by atoms with Gasteiger partial charge in [-0.05, 0) is 38.6 Å². The van der Waals surface area contributed by atoms with Crippen molar-refractivity contribution in [1.29, 1.82) is 0 Å². The molecular formula is C25H30FN3O5. The summed E-state index contributed by atoms with van der Waals surface area (Å²) in [6.07, 6.45) is 0. The number of carbonyl (C=O) groups is 3. The van der Waals surface area contributed by atoms with Crippen LogP contribution in [0.1, 0.15) is 52.8 Å². The number of amides is 1. The number of rotatable bonds is 8. The van der Waals surface area contributed by atoms with Crippen molar-refractivity contribution in [3.8, 4) is 0 Å². The van der Waals surface area contributed by atoms with Crippen LogP contribution in [0.4, 0.5) is 4.39 Å². The Labute approximate surface area is 198 Å². The summed E-state index contributed by atoms with van der Waals surface area (Å²) in [6.45, 7) is 9.37. The Kier molecular flexibility index (Phi) is 7.56.